The Morgan fingerprint density at radius 3 is 2.55 bits per heavy atom. The second kappa shape index (κ2) is 7.24. The predicted octanol–water partition coefficient (Wildman–Crippen LogP) is 3.77. The summed E-state index contributed by atoms with van der Waals surface area (Å²) in [7, 11) is 2.02. The maximum absolute atomic E-state index is 3.25. The van der Waals surface area contributed by atoms with Crippen molar-refractivity contribution >= 4 is 0 Å². The number of likely N-dealkylation sites (N-methyl/N-ethyl adjacent to an activating group) is 1. The maximum atomic E-state index is 3.25. The Labute approximate surface area is 124 Å². The van der Waals surface area contributed by atoms with Crippen LogP contribution in [0.25, 0.3) is 0 Å². The minimum Gasteiger partial charge on any atom is -0.319 e. The number of nitrogens with one attached hydrogen (secondary N) is 1. The van der Waals surface area contributed by atoms with Crippen LogP contribution in [-0.2, 0) is 6.54 Å². The molecule has 20 heavy (non-hydrogen) atoms. The third-order valence-electron chi connectivity index (χ3n) is 4.85. The maximum Gasteiger partial charge on any atom is 0.0239 e. The summed E-state index contributed by atoms with van der Waals surface area (Å²) in [6.45, 7) is 9.12. The molecule has 112 valence electrons. The lowest BCUT2D eigenvalue weighted by molar-refractivity contribution is 0.189. The van der Waals surface area contributed by atoms with E-state index in [1.54, 1.807) is 0 Å². The van der Waals surface area contributed by atoms with Gasteiger partial charge >= 0.3 is 0 Å². The van der Waals surface area contributed by atoms with Gasteiger partial charge in [-0.2, -0.15) is 0 Å². The summed E-state index contributed by atoms with van der Waals surface area (Å²) >= 11 is 0. The summed E-state index contributed by atoms with van der Waals surface area (Å²) < 4.78 is 0. The fourth-order valence-corrected chi connectivity index (χ4v) is 3.44. The highest BCUT2D eigenvalue weighted by Gasteiger charge is 2.28. The molecule has 0 aromatic heterocycles. The van der Waals surface area contributed by atoms with E-state index < -0.39 is 0 Å². The van der Waals surface area contributed by atoms with E-state index in [0.29, 0.717) is 5.92 Å². The first kappa shape index (κ1) is 15.5. The molecule has 0 radical (unpaired) electrons. The molecule has 3 atom stereocenters. The van der Waals surface area contributed by atoms with Crippen molar-refractivity contribution in [1.29, 1.82) is 0 Å². The second-order valence-corrected chi connectivity index (χ2v) is 6.36. The van der Waals surface area contributed by atoms with Crippen molar-refractivity contribution in [2.75, 3.05) is 13.6 Å². The molecule has 0 saturated carbocycles. The summed E-state index contributed by atoms with van der Waals surface area (Å²) in [5.74, 6) is 0.586. The molecule has 0 spiro atoms. The van der Waals surface area contributed by atoms with E-state index in [1.807, 2.05) is 7.05 Å². The zero-order valence-electron chi connectivity index (χ0n) is 13.5. The van der Waals surface area contributed by atoms with Crippen molar-refractivity contribution < 1.29 is 0 Å². The highest BCUT2D eigenvalue weighted by molar-refractivity contribution is 5.25. The van der Waals surface area contributed by atoms with Crippen LogP contribution in [0.1, 0.15) is 57.1 Å². The van der Waals surface area contributed by atoms with Gasteiger partial charge in [-0.1, -0.05) is 38.1 Å². The fourth-order valence-electron chi connectivity index (χ4n) is 3.44. The first-order chi connectivity index (χ1) is 9.65. The van der Waals surface area contributed by atoms with E-state index in [0.717, 1.165) is 25.2 Å². The molecule has 1 aromatic carbocycles. The lowest BCUT2D eigenvalue weighted by Crippen LogP contribution is -2.33. The van der Waals surface area contributed by atoms with E-state index in [1.165, 1.54) is 30.4 Å². The molecule has 0 aliphatic carbocycles. The Morgan fingerprint density at radius 2 is 1.95 bits per heavy atom. The number of hydrogen-bond acceptors (Lipinski definition) is 2. The van der Waals surface area contributed by atoms with Crippen LogP contribution in [0.4, 0.5) is 0 Å². The van der Waals surface area contributed by atoms with Gasteiger partial charge in [-0.3, -0.25) is 4.90 Å². The third kappa shape index (κ3) is 3.62. The average molecular weight is 274 g/mol. The second-order valence-electron chi connectivity index (χ2n) is 6.36. The first-order valence-corrected chi connectivity index (χ1v) is 8.14. The summed E-state index contributed by atoms with van der Waals surface area (Å²) in [6, 6.07) is 10.8. The zero-order valence-corrected chi connectivity index (χ0v) is 13.5. The van der Waals surface area contributed by atoms with Crippen LogP contribution in [0.3, 0.4) is 0 Å². The molecule has 1 aliphatic heterocycles. The molecule has 1 heterocycles. The summed E-state index contributed by atoms with van der Waals surface area (Å²) in [5, 5.41) is 3.25. The van der Waals surface area contributed by atoms with Gasteiger partial charge in [0.1, 0.15) is 0 Å². The molecule has 1 saturated heterocycles. The number of likely N-dealkylation sites (tertiary alicyclic amines) is 1. The number of nitrogens with zero attached hydrogens (tertiary/aromatic N) is 1. The van der Waals surface area contributed by atoms with Gasteiger partial charge in [0.15, 0.2) is 0 Å². The van der Waals surface area contributed by atoms with E-state index in [-0.39, 0.29) is 0 Å². The monoisotopic (exact) mass is 274 g/mol. The molecule has 2 heteroatoms. The van der Waals surface area contributed by atoms with E-state index in [4.69, 9.17) is 0 Å². The summed E-state index contributed by atoms with van der Waals surface area (Å²) in [6.07, 6.45) is 4.01. The van der Waals surface area contributed by atoms with Crippen LogP contribution >= 0.6 is 0 Å². The van der Waals surface area contributed by atoms with Crippen molar-refractivity contribution in [2.24, 2.45) is 0 Å². The van der Waals surface area contributed by atoms with Crippen LogP contribution in [-0.4, -0.2) is 30.6 Å². The minimum absolute atomic E-state index is 0.586. The molecule has 2 nitrogen and oxygen atoms in total. The molecule has 1 aromatic rings. The molecular formula is C18H30N2. The van der Waals surface area contributed by atoms with E-state index >= 15 is 0 Å². The van der Waals surface area contributed by atoms with Gasteiger partial charge in [-0.15, -0.1) is 0 Å². The van der Waals surface area contributed by atoms with Gasteiger partial charge in [0.25, 0.3) is 0 Å². The molecule has 1 N–H and O–H groups in total. The average Bonchev–Trinajstić information content (AvgIpc) is 2.81. The normalized spacial score (nSPS) is 25.0. The molecule has 0 amide bonds. The van der Waals surface area contributed by atoms with Gasteiger partial charge in [0.2, 0.25) is 0 Å². The third-order valence-corrected chi connectivity index (χ3v) is 4.85. The summed E-state index contributed by atoms with van der Waals surface area (Å²) in [4.78, 5) is 2.69. The van der Waals surface area contributed by atoms with Gasteiger partial charge in [-0.05, 0) is 50.3 Å². The minimum atomic E-state index is 0.586. The van der Waals surface area contributed by atoms with Gasteiger partial charge < -0.3 is 5.32 Å². The van der Waals surface area contributed by atoms with Crippen LogP contribution in [0.2, 0.25) is 0 Å². The number of benzene rings is 1. The zero-order chi connectivity index (χ0) is 14.5. The highest BCUT2D eigenvalue weighted by Crippen LogP contribution is 2.28. The van der Waals surface area contributed by atoms with Crippen LogP contribution in [0.15, 0.2) is 24.3 Å². The Balaban J connectivity index is 1.99. The number of rotatable bonds is 6. The molecular weight excluding hydrogens is 244 g/mol. The van der Waals surface area contributed by atoms with Gasteiger partial charge in [0, 0.05) is 25.2 Å². The molecule has 2 rings (SSSR count). The predicted molar refractivity (Wildman–Crippen MR) is 87.1 cm³/mol. The van der Waals surface area contributed by atoms with Crippen LogP contribution in [0, 0.1) is 0 Å². The van der Waals surface area contributed by atoms with E-state index in [9.17, 15) is 0 Å². The van der Waals surface area contributed by atoms with Crippen molar-refractivity contribution in [3.63, 3.8) is 0 Å². The first-order valence-electron chi connectivity index (χ1n) is 8.14. The Kier molecular flexibility index (Phi) is 5.62. The van der Waals surface area contributed by atoms with Crippen LogP contribution < -0.4 is 5.32 Å². The molecule has 1 aliphatic rings. The van der Waals surface area contributed by atoms with Gasteiger partial charge in [-0.25, -0.2) is 0 Å². The highest BCUT2D eigenvalue weighted by atomic mass is 15.2. The topological polar surface area (TPSA) is 15.3 Å². The van der Waals surface area contributed by atoms with Crippen molar-refractivity contribution in [3.8, 4) is 0 Å². The molecule has 0 bridgehead atoms. The lowest BCUT2D eigenvalue weighted by atomic mass is 9.99. The van der Waals surface area contributed by atoms with E-state index in [2.05, 4.69) is 55.3 Å². The lowest BCUT2D eigenvalue weighted by Gasteiger charge is -2.27. The molecule has 1 fully saturated rings. The van der Waals surface area contributed by atoms with Crippen molar-refractivity contribution in [1.82, 2.24) is 10.2 Å². The standard InChI is InChI=1S/C18H30N2/c1-5-18-11-6-15(3)20(18)13-16-7-9-17(10-8-16)14(2)12-19-4/h7-10,14-15,18-19H,5-6,11-13H2,1-4H3. The molecule has 3 unspecified atom stereocenters. The number of hydrogen-bond donors (Lipinski definition) is 1. The van der Waals surface area contributed by atoms with Crippen molar-refractivity contribution in [2.45, 2.75) is 64.6 Å². The smallest absolute Gasteiger partial charge is 0.0239 e. The summed E-state index contributed by atoms with van der Waals surface area (Å²) in [5.41, 5.74) is 2.89. The Morgan fingerprint density at radius 1 is 1.25 bits per heavy atom. The SMILES string of the molecule is CCC1CCC(C)N1Cc1ccc(C(C)CNC)cc1. The van der Waals surface area contributed by atoms with Crippen molar-refractivity contribution in [3.05, 3.63) is 35.4 Å². The Bertz CT molecular complexity index is 398. The van der Waals surface area contributed by atoms with Crippen LogP contribution in [0.5, 0.6) is 0 Å². The Hall–Kier alpha value is -0.860. The fraction of sp³-hybridized carbons (Fsp3) is 0.667. The van der Waals surface area contributed by atoms with Gasteiger partial charge in [0.05, 0.1) is 0 Å². The quantitative estimate of drug-likeness (QED) is 0.849. The largest absolute Gasteiger partial charge is 0.319 e.